The standard InChI is InChI=1S/C15H22BrNO2/c1-10(5-11(2)18)8-17-9-13-7-14(16)6-12-3-4-19-15(12)13/h6-7,10-11,17-18H,3-5,8-9H2,1-2H3. The predicted octanol–water partition coefficient (Wildman–Crippen LogP) is 2.88. The van der Waals surface area contributed by atoms with E-state index in [0.29, 0.717) is 5.92 Å². The van der Waals surface area contributed by atoms with Crippen LogP contribution in [0.5, 0.6) is 5.75 Å². The van der Waals surface area contributed by atoms with Crippen LogP contribution in [0.1, 0.15) is 31.4 Å². The van der Waals surface area contributed by atoms with Gasteiger partial charge in [0.1, 0.15) is 5.75 Å². The third-order valence-electron chi connectivity index (χ3n) is 3.38. The molecule has 2 rings (SSSR count). The predicted molar refractivity (Wildman–Crippen MR) is 80.5 cm³/mol. The van der Waals surface area contributed by atoms with E-state index in [2.05, 4.69) is 40.3 Å². The minimum atomic E-state index is -0.227. The quantitative estimate of drug-likeness (QED) is 0.844. The van der Waals surface area contributed by atoms with Gasteiger partial charge < -0.3 is 15.2 Å². The van der Waals surface area contributed by atoms with Crippen molar-refractivity contribution in [2.75, 3.05) is 13.2 Å². The summed E-state index contributed by atoms with van der Waals surface area (Å²) in [6.45, 7) is 6.50. The molecule has 1 aromatic rings. The molecule has 0 spiro atoms. The second-order valence-corrected chi connectivity index (χ2v) is 6.39. The normalized spacial score (nSPS) is 16.8. The zero-order valence-corrected chi connectivity index (χ0v) is 13.2. The Hall–Kier alpha value is -0.580. The molecule has 0 saturated carbocycles. The molecule has 1 aliphatic rings. The molecular weight excluding hydrogens is 306 g/mol. The summed E-state index contributed by atoms with van der Waals surface area (Å²) in [5.74, 6) is 1.53. The fourth-order valence-electron chi connectivity index (χ4n) is 2.60. The summed E-state index contributed by atoms with van der Waals surface area (Å²) in [6.07, 6.45) is 1.61. The smallest absolute Gasteiger partial charge is 0.127 e. The van der Waals surface area contributed by atoms with Crippen molar-refractivity contribution in [2.24, 2.45) is 5.92 Å². The van der Waals surface area contributed by atoms with Crippen LogP contribution in [0.4, 0.5) is 0 Å². The summed E-state index contributed by atoms with van der Waals surface area (Å²) in [5.41, 5.74) is 2.51. The Morgan fingerprint density at radius 2 is 2.21 bits per heavy atom. The molecule has 0 aromatic heterocycles. The van der Waals surface area contributed by atoms with Crippen LogP contribution in [0.15, 0.2) is 16.6 Å². The number of ether oxygens (including phenoxy) is 1. The summed E-state index contributed by atoms with van der Waals surface area (Å²) < 4.78 is 6.82. The first-order valence-corrected chi connectivity index (χ1v) is 7.68. The molecule has 106 valence electrons. The van der Waals surface area contributed by atoms with Crippen LogP contribution in [0.25, 0.3) is 0 Å². The van der Waals surface area contributed by atoms with Crippen LogP contribution < -0.4 is 10.1 Å². The van der Waals surface area contributed by atoms with E-state index in [-0.39, 0.29) is 6.10 Å². The number of fused-ring (bicyclic) bond motifs is 1. The van der Waals surface area contributed by atoms with E-state index in [4.69, 9.17) is 4.74 Å². The number of halogens is 1. The number of benzene rings is 1. The third kappa shape index (κ3) is 4.20. The molecule has 1 heterocycles. The second kappa shape index (κ2) is 6.73. The van der Waals surface area contributed by atoms with Crippen LogP contribution in [0, 0.1) is 5.92 Å². The van der Waals surface area contributed by atoms with E-state index in [1.807, 2.05) is 6.92 Å². The van der Waals surface area contributed by atoms with E-state index >= 15 is 0 Å². The number of hydrogen-bond donors (Lipinski definition) is 2. The van der Waals surface area contributed by atoms with Gasteiger partial charge in [0.2, 0.25) is 0 Å². The van der Waals surface area contributed by atoms with Crippen LogP contribution in [0.3, 0.4) is 0 Å². The zero-order chi connectivity index (χ0) is 13.8. The highest BCUT2D eigenvalue weighted by atomic mass is 79.9. The average Bonchev–Trinajstić information content (AvgIpc) is 2.75. The molecule has 0 aliphatic carbocycles. The Bertz CT molecular complexity index is 434. The summed E-state index contributed by atoms with van der Waals surface area (Å²) in [5, 5.41) is 12.8. The Kier molecular flexibility index (Phi) is 5.25. The van der Waals surface area contributed by atoms with E-state index < -0.39 is 0 Å². The molecule has 0 radical (unpaired) electrons. The van der Waals surface area contributed by atoms with Crippen LogP contribution in [-0.2, 0) is 13.0 Å². The fraction of sp³-hybridized carbons (Fsp3) is 0.600. The fourth-order valence-corrected chi connectivity index (χ4v) is 3.15. The van der Waals surface area contributed by atoms with Gasteiger partial charge in [-0.1, -0.05) is 22.9 Å². The molecule has 0 amide bonds. The van der Waals surface area contributed by atoms with Crippen LogP contribution >= 0.6 is 15.9 Å². The van der Waals surface area contributed by atoms with Crippen molar-refractivity contribution >= 4 is 15.9 Å². The molecular formula is C15H22BrNO2. The highest BCUT2D eigenvalue weighted by Crippen LogP contribution is 2.32. The monoisotopic (exact) mass is 327 g/mol. The second-order valence-electron chi connectivity index (χ2n) is 5.47. The molecule has 0 bridgehead atoms. The van der Waals surface area contributed by atoms with Gasteiger partial charge in [-0.3, -0.25) is 0 Å². The van der Waals surface area contributed by atoms with Crippen molar-refractivity contribution in [3.05, 3.63) is 27.7 Å². The lowest BCUT2D eigenvalue weighted by Crippen LogP contribution is -2.23. The van der Waals surface area contributed by atoms with Gasteiger partial charge >= 0.3 is 0 Å². The van der Waals surface area contributed by atoms with Gasteiger partial charge in [-0.2, -0.15) is 0 Å². The zero-order valence-electron chi connectivity index (χ0n) is 11.6. The lowest BCUT2D eigenvalue weighted by atomic mass is 10.0. The van der Waals surface area contributed by atoms with E-state index in [9.17, 15) is 5.11 Å². The Balaban J connectivity index is 1.90. The van der Waals surface area contributed by atoms with Crippen molar-refractivity contribution in [1.29, 1.82) is 0 Å². The molecule has 2 atom stereocenters. The molecule has 19 heavy (non-hydrogen) atoms. The lowest BCUT2D eigenvalue weighted by Gasteiger charge is -2.15. The first-order chi connectivity index (χ1) is 9.06. The largest absolute Gasteiger partial charge is 0.493 e. The number of rotatable bonds is 6. The van der Waals surface area contributed by atoms with Crippen molar-refractivity contribution in [3.63, 3.8) is 0 Å². The average molecular weight is 328 g/mol. The Morgan fingerprint density at radius 1 is 1.42 bits per heavy atom. The Morgan fingerprint density at radius 3 is 2.95 bits per heavy atom. The minimum Gasteiger partial charge on any atom is -0.493 e. The first-order valence-electron chi connectivity index (χ1n) is 6.89. The highest BCUT2D eigenvalue weighted by molar-refractivity contribution is 9.10. The van der Waals surface area contributed by atoms with Crippen molar-refractivity contribution in [3.8, 4) is 5.75 Å². The maximum Gasteiger partial charge on any atom is 0.127 e. The molecule has 3 nitrogen and oxygen atoms in total. The first kappa shape index (κ1) is 14.8. The molecule has 1 aromatic carbocycles. The number of aliphatic hydroxyl groups is 1. The van der Waals surface area contributed by atoms with Gasteiger partial charge in [-0.15, -0.1) is 0 Å². The summed E-state index contributed by atoms with van der Waals surface area (Å²) >= 11 is 3.55. The van der Waals surface area contributed by atoms with Crippen molar-refractivity contribution in [2.45, 2.75) is 39.3 Å². The number of aliphatic hydroxyl groups excluding tert-OH is 1. The van der Waals surface area contributed by atoms with Crippen molar-refractivity contribution in [1.82, 2.24) is 5.32 Å². The SMILES string of the molecule is CC(O)CC(C)CNCc1cc(Br)cc2c1OCC2. The number of nitrogens with one attached hydrogen (secondary N) is 1. The molecule has 2 N–H and O–H groups in total. The Labute approximate surface area is 123 Å². The molecule has 0 fully saturated rings. The van der Waals surface area contributed by atoms with E-state index in [0.717, 1.165) is 42.8 Å². The van der Waals surface area contributed by atoms with Gasteiger partial charge in [0.25, 0.3) is 0 Å². The summed E-state index contributed by atoms with van der Waals surface area (Å²) in [7, 11) is 0. The van der Waals surface area contributed by atoms with Crippen LogP contribution in [0.2, 0.25) is 0 Å². The van der Waals surface area contributed by atoms with Crippen molar-refractivity contribution < 1.29 is 9.84 Å². The van der Waals surface area contributed by atoms with Gasteiger partial charge in [-0.05, 0) is 43.5 Å². The molecule has 4 heteroatoms. The summed E-state index contributed by atoms with van der Waals surface area (Å²) in [6, 6.07) is 4.26. The van der Waals surface area contributed by atoms with Crippen LogP contribution in [-0.4, -0.2) is 24.4 Å². The van der Waals surface area contributed by atoms with E-state index in [1.54, 1.807) is 0 Å². The minimum absolute atomic E-state index is 0.227. The maximum atomic E-state index is 9.35. The highest BCUT2D eigenvalue weighted by Gasteiger charge is 2.17. The molecule has 0 saturated heterocycles. The topological polar surface area (TPSA) is 41.5 Å². The van der Waals surface area contributed by atoms with Gasteiger partial charge in [0.15, 0.2) is 0 Å². The molecule has 2 unspecified atom stereocenters. The van der Waals surface area contributed by atoms with Gasteiger partial charge in [0, 0.05) is 23.0 Å². The van der Waals surface area contributed by atoms with E-state index in [1.165, 1.54) is 11.1 Å². The summed E-state index contributed by atoms with van der Waals surface area (Å²) in [4.78, 5) is 0. The maximum absolute atomic E-state index is 9.35. The third-order valence-corrected chi connectivity index (χ3v) is 3.83. The number of hydrogen-bond acceptors (Lipinski definition) is 3. The van der Waals surface area contributed by atoms with Gasteiger partial charge in [0.05, 0.1) is 12.7 Å². The molecule has 1 aliphatic heterocycles. The lowest BCUT2D eigenvalue weighted by molar-refractivity contribution is 0.163. The van der Waals surface area contributed by atoms with Gasteiger partial charge in [-0.25, -0.2) is 0 Å².